The number of amides is 1. The first-order valence-corrected chi connectivity index (χ1v) is 8.45. The van der Waals surface area contributed by atoms with Gasteiger partial charge in [-0.3, -0.25) is 9.69 Å². The van der Waals surface area contributed by atoms with E-state index in [-0.39, 0.29) is 11.7 Å². The third kappa shape index (κ3) is 5.29. The zero-order chi connectivity index (χ0) is 18.2. The minimum absolute atomic E-state index is 0.183. The summed E-state index contributed by atoms with van der Waals surface area (Å²) >= 11 is 0. The highest BCUT2D eigenvalue weighted by Crippen LogP contribution is 2.21. The predicted molar refractivity (Wildman–Crippen MR) is 100 cm³/mol. The van der Waals surface area contributed by atoms with E-state index in [0.29, 0.717) is 12.1 Å². The summed E-state index contributed by atoms with van der Waals surface area (Å²) in [5.74, 6) is -0.544. The Balaban J connectivity index is 1.87. The van der Waals surface area contributed by atoms with Crippen molar-refractivity contribution in [2.24, 2.45) is 0 Å². The topological polar surface area (TPSA) is 35.6 Å². The third-order valence-electron chi connectivity index (χ3n) is 4.13. The Labute approximate surface area is 149 Å². The van der Waals surface area contributed by atoms with Crippen molar-refractivity contribution in [1.29, 1.82) is 0 Å². The second kappa shape index (κ2) is 9.18. The van der Waals surface area contributed by atoms with E-state index in [1.807, 2.05) is 25.2 Å². The van der Waals surface area contributed by atoms with Crippen molar-refractivity contribution in [2.75, 3.05) is 39.1 Å². The van der Waals surface area contributed by atoms with Crippen LogP contribution in [0.5, 0.6) is 0 Å². The van der Waals surface area contributed by atoms with Crippen molar-refractivity contribution in [3.8, 4) is 0 Å². The molecule has 0 saturated heterocycles. The normalized spacial score (nSPS) is 12.0. The van der Waals surface area contributed by atoms with Gasteiger partial charge in [-0.15, -0.1) is 0 Å². The average molecular weight is 343 g/mol. The minimum atomic E-state index is -0.631. The fourth-order valence-electron chi connectivity index (χ4n) is 2.79. The van der Waals surface area contributed by atoms with Gasteiger partial charge in [-0.2, -0.15) is 0 Å². The van der Waals surface area contributed by atoms with E-state index in [0.717, 1.165) is 18.7 Å². The zero-order valence-electron chi connectivity index (χ0n) is 15.1. The van der Waals surface area contributed by atoms with E-state index in [4.69, 9.17) is 0 Å². The summed E-state index contributed by atoms with van der Waals surface area (Å²) < 4.78 is 14.0. The van der Waals surface area contributed by atoms with Gasteiger partial charge in [0.25, 0.3) is 0 Å². The molecule has 1 amide bonds. The van der Waals surface area contributed by atoms with Gasteiger partial charge in [0.2, 0.25) is 5.91 Å². The fraction of sp³-hybridized carbons (Fsp3) is 0.350. The molecule has 1 N–H and O–H groups in total. The maximum absolute atomic E-state index is 14.0. The van der Waals surface area contributed by atoms with E-state index in [1.165, 1.54) is 6.07 Å². The van der Waals surface area contributed by atoms with Crippen LogP contribution < -0.4 is 10.2 Å². The van der Waals surface area contributed by atoms with E-state index >= 15 is 0 Å². The number of para-hydroxylation sites is 1. The minimum Gasteiger partial charge on any atom is -0.375 e. The van der Waals surface area contributed by atoms with Crippen LogP contribution in [0, 0.1) is 5.82 Å². The number of nitrogens with zero attached hydrogens (tertiary/aromatic N) is 2. The summed E-state index contributed by atoms with van der Waals surface area (Å²) in [6, 6.07) is 15.9. The molecule has 2 aromatic rings. The SMILES string of the molecule is CN(CCCNC(=O)C(c1ccccc1F)N(C)C)c1ccccc1. The summed E-state index contributed by atoms with van der Waals surface area (Å²) in [7, 11) is 5.58. The molecule has 0 aliphatic carbocycles. The molecule has 4 nitrogen and oxygen atoms in total. The Bertz CT molecular complexity index is 676. The molecule has 0 aromatic heterocycles. The van der Waals surface area contributed by atoms with Crippen LogP contribution in [0.2, 0.25) is 0 Å². The van der Waals surface area contributed by atoms with Crippen molar-refractivity contribution in [3.05, 3.63) is 66.0 Å². The van der Waals surface area contributed by atoms with Crippen LogP contribution in [-0.2, 0) is 4.79 Å². The van der Waals surface area contributed by atoms with Crippen LogP contribution in [0.3, 0.4) is 0 Å². The van der Waals surface area contributed by atoms with Crippen LogP contribution >= 0.6 is 0 Å². The lowest BCUT2D eigenvalue weighted by Gasteiger charge is -2.24. The van der Waals surface area contributed by atoms with Crippen LogP contribution in [0.1, 0.15) is 18.0 Å². The van der Waals surface area contributed by atoms with Gasteiger partial charge in [0, 0.05) is 31.4 Å². The predicted octanol–water partition coefficient (Wildman–Crippen LogP) is 3.07. The molecule has 25 heavy (non-hydrogen) atoms. The second-order valence-electron chi connectivity index (χ2n) is 6.29. The quantitative estimate of drug-likeness (QED) is 0.748. The van der Waals surface area contributed by atoms with Gasteiger partial charge in [0.05, 0.1) is 0 Å². The number of benzene rings is 2. The van der Waals surface area contributed by atoms with Crippen molar-refractivity contribution < 1.29 is 9.18 Å². The van der Waals surface area contributed by atoms with Gasteiger partial charge < -0.3 is 10.2 Å². The molecular weight excluding hydrogens is 317 g/mol. The summed E-state index contributed by atoms with van der Waals surface area (Å²) in [5, 5.41) is 2.92. The molecule has 134 valence electrons. The lowest BCUT2D eigenvalue weighted by atomic mass is 10.0. The number of nitrogens with one attached hydrogen (secondary N) is 1. The Hall–Kier alpha value is -2.40. The van der Waals surface area contributed by atoms with E-state index < -0.39 is 6.04 Å². The van der Waals surface area contributed by atoms with Gasteiger partial charge in [-0.1, -0.05) is 36.4 Å². The van der Waals surface area contributed by atoms with Crippen molar-refractivity contribution in [3.63, 3.8) is 0 Å². The third-order valence-corrected chi connectivity index (χ3v) is 4.13. The fourth-order valence-corrected chi connectivity index (χ4v) is 2.79. The Kier molecular flexibility index (Phi) is 6.95. The molecule has 0 spiro atoms. The number of carbonyl (C=O) groups excluding carboxylic acids is 1. The molecule has 0 fully saturated rings. The Morgan fingerprint density at radius 3 is 2.32 bits per heavy atom. The summed E-state index contributed by atoms with van der Waals surface area (Å²) in [4.78, 5) is 16.4. The number of likely N-dealkylation sites (N-methyl/N-ethyl adjacent to an activating group) is 1. The Morgan fingerprint density at radius 1 is 1.04 bits per heavy atom. The van der Waals surface area contributed by atoms with E-state index in [1.54, 1.807) is 37.2 Å². The summed E-state index contributed by atoms with van der Waals surface area (Å²) in [6.45, 7) is 1.38. The van der Waals surface area contributed by atoms with Crippen molar-refractivity contribution in [1.82, 2.24) is 10.2 Å². The highest BCUT2D eigenvalue weighted by atomic mass is 19.1. The molecular formula is C20H26FN3O. The van der Waals surface area contributed by atoms with E-state index in [2.05, 4.69) is 22.3 Å². The molecule has 0 saturated carbocycles. The highest BCUT2D eigenvalue weighted by Gasteiger charge is 2.25. The number of carbonyl (C=O) groups is 1. The average Bonchev–Trinajstić information content (AvgIpc) is 2.61. The molecule has 0 aliphatic rings. The number of anilines is 1. The molecule has 2 rings (SSSR count). The number of hydrogen-bond donors (Lipinski definition) is 1. The molecule has 0 heterocycles. The van der Waals surface area contributed by atoms with Crippen LogP contribution in [-0.4, -0.2) is 45.0 Å². The first-order chi connectivity index (χ1) is 12.0. The first kappa shape index (κ1) is 18.9. The standard InChI is InChI=1S/C20H26FN3O/c1-23(2)19(17-12-7-8-13-18(17)21)20(25)22-14-9-15-24(3)16-10-5-4-6-11-16/h4-8,10-13,19H,9,14-15H2,1-3H3,(H,22,25). The van der Waals surface area contributed by atoms with E-state index in [9.17, 15) is 9.18 Å². The highest BCUT2D eigenvalue weighted by molar-refractivity contribution is 5.83. The maximum atomic E-state index is 14.0. The number of rotatable bonds is 8. The zero-order valence-corrected chi connectivity index (χ0v) is 15.1. The van der Waals surface area contributed by atoms with Gasteiger partial charge in [-0.25, -0.2) is 4.39 Å². The summed E-state index contributed by atoms with van der Waals surface area (Å²) in [6.07, 6.45) is 0.814. The molecule has 1 unspecified atom stereocenters. The molecule has 0 bridgehead atoms. The monoisotopic (exact) mass is 343 g/mol. The second-order valence-corrected chi connectivity index (χ2v) is 6.29. The maximum Gasteiger partial charge on any atom is 0.242 e. The molecule has 2 aromatic carbocycles. The molecule has 0 radical (unpaired) electrons. The van der Waals surface area contributed by atoms with Gasteiger partial charge >= 0.3 is 0 Å². The van der Waals surface area contributed by atoms with Crippen LogP contribution in [0.25, 0.3) is 0 Å². The Morgan fingerprint density at radius 2 is 1.68 bits per heavy atom. The largest absolute Gasteiger partial charge is 0.375 e. The molecule has 1 atom stereocenters. The molecule has 0 aliphatic heterocycles. The van der Waals surface area contributed by atoms with Crippen LogP contribution in [0.4, 0.5) is 10.1 Å². The van der Waals surface area contributed by atoms with Gasteiger partial charge in [0.15, 0.2) is 0 Å². The summed E-state index contributed by atoms with van der Waals surface area (Å²) in [5.41, 5.74) is 1.54. The lowest BCUT2D eigenvalue weighted by molar-refractivity contribution is -0.125. The van der Waals surface area contributed by atoms with Crippen LogP contribution in [0.15, 0.2) is 54.6 Å². The number of hydrogen-bond acceptors (Lipinski definition) is 3. The lowest BCUT2D eigenvalue weighted by Crippen LogP contribution is -2.38. The van der Waals surface area contributed by atoms with Crippen molar-refractivity contribution >= 4 is 11.6 Å². The number of halogens is 1. The van der Waals surface area contributed by atoms with Gasteiger partial charge in [-0.05, 0) is 38.7 Å². The van der Waals surface area contributed by atoms with Crippen molar-refractivity contribution in [2.45, 2.75) is 12.5 Å². The molecule has 5 heteroatoms. The smallest absolute Gasteiger partial charge is 0.242 e. The van der Waals surface area contributed by atoms with Gasteiger partial charge in [0.1, 0.15) is 11.9 Å². The first-order valence-electron chi connectivity index (χ1n) is 8.45.